The van der Waals surface area contributed by atoms with E-state index in [0.29, 0.717) is 32.6 Å². The lowest BCUT2D eigenvalue weighted by Gasteiger charge is -2.38. The van der Waals surface area contributed by atoms with Crippen LogP contribution in [0.2, 0.25) is 0 Å². The molecule has 1 aromatic carbocycles. The third-order valence-electron chi connectivity index (χ3n) is 4.96. The van der Waals surface area contributed by atoms with Gasteiger partial charge in [-0.1, -0.05) is 56.2 Å². The van der Waals surface area contributed by atoms with E-state index in [-0.39, 0.29) is 0 Å². The molecule has 2 unspecified atom stereocenters. The Hall–Kier alpha value is -1.74. The van der Waals surface area contributed by atoms with Gasteiger partial charge in [0.25, 0.3) is 5.91 Å². The molecular weight excluding hydrogens is 366 g/mol. The third-order valence-corrected chi connectivity index (χ3v) is 7.24. The number of hydroxylamine groups is 1. The van der Waals surface area contributed by atoms with E-state index in [0.717, 1.165) is 18.4 Å². The number of unbranched alkanes of at least 4 members (excludes halogenated alkanes) is 1. The van der Waals surface area contributed by atoms with Gasteiger partial charge in [0.05, 0.1) is 5.25 Å². The van der Waals surface area contributed by atoms with Crippen LogP contribution in [0.3, 0.4) is 0 Å². The van der Waals surface area contributed by atoms with Gasteiger partial charge in [0.1, 0.15) is 6.04 Å². The maximum absolute atomic E-state index is 12.9. The number of benzene rings is 1. The quantitative estimate of drug-likeness (QED) is 0.379. The average Bonchev–Trinajstić information content (AvgIpc) is 2.69. The van der Waals surface area contributed by atoms with Crippen LogP contribution in [0.5, 0.6) is 0 Å². The standard InChI is InChI=1S/C19H29N3O4S/c1-3-5-11-17(4-2)27(25,26)22-14-12-21(13-15-22)18(19(23)20-24)16-9-7-6-8-10-16/h4,6-10,17-18,24H,2-3,5,11-15H2,1H3,(H,20,23). The van der Waals surface area contributed by atoms with Gasteiger partial charge in [0.2, 0.25) is 10.0 Å². The number of rotatable bonds is 9. The summed E-state index contributed by atoms with van der Waals surface area (Å²) in [6, 6.07) is 8.50. The van der Waals surface area contributed by atoms with E-state index in [1.807, 2.05) is 42.2 Å². The van der Waals surface area contributed by atoms with Gasteiger partial charge in [-0.05, 0) is 12.0 Å². The molecule has 0 spiro atoms. The van der Waals surface area contributed by atoms with Crippen molar-refractivity contribution in [2.45, 2.75) is 37.5 Å². The molecule has 2 rings (SSSR count). The highest BCUT2D eigenvalue weighted by Gasteiger charge is 2.36. The van der Waals surface area contributed by atoms with E-state index in [1.165, 1.54) is 10.4 Å². The summed E-state index contributed by atoms with van der Waals surface area (Å²) in [6.07, 6.45) is 3.86. The Morgan fingerprint density at radius 3 is 2.41 bits per heavy atom. The zero-order valence-electron chi connectivity index (χ0n) is 15.8. The second-order valence-electron chi connectivity index (χ2n) is 6.69. The Kier molecular flexibility index (Phi) is 7.97. The fraction of sp³-hybridized carbons (Fsp3) is 0.526. The smallest absolute Gasteiger partial charge is 0.265 e. The van der Waals surface area contributed by atoms with Crippen LogP contribution in [-0.4, -0.2) is 60.2 Å². The minimum Gasteiger partial charge on any atom is -0.289 e. The van der Waals surface area contributed by atoms with E-state index < -0.39 is 27.2 Å². The molecule has 7 nitrogen and oxygen atoms in total. The molecule has 1 aromatic rings. The maximum Gasteiger partial charge on any atom is 0.265 e. The van der Waals surface area contributed by atoms with Crippen molar-refractivity contribution in [2.75, 3.05) is 26.2 Å². The molecule has 1 aliphatic rings. The maximum atomic E-state index is 12.9. The predicted molar refractivity (Wildman–Crippen MR) is 105 cm³/mol. The van der Waals surface area contributed by atoms with E-state index in [9.17, 15) is 13.2 Å². The summed E-state index contributed by atoms with van der Waals surface area (Å²) in [4.78, 5) is 14.1. The Morgan fingerprint density at radius 1 is 1.26 bits per heavy atom. The Morgan fingerprint density at radius 2 is 1.89 bits per heavy atom. The molecule has 1 heterocycles. The number of hydrogen-bond acceptors (Lipinski definition) is 5. The second kappa shape index (κ2) is 9.98. The minimum absolute atomic E-state index is 0.306. The van der Waals surface area contributed by atoms with Crippen molar-refractivity contribution in [1.29, 1.82) is 0 Å². The number of nitrogens with zero attached hydrogens (tertiary/aromatic N) is 2. The van der Waals surface area contributed by atoms with Gasteiger partial charge in [0.15, 0.2) is 0 Å². The number of carbonyl (C=O) groups is 1. The van der Waals surface area contributed by atoms with Gasteiger partial charge in [-0.3, -0.25) is 14.9 Å². The van der Waals surface area contributed by atoms with Crippen molar-refractivity contribution in [3.63, 3.8) is 0 Å². The molecule has 1 aliphatic heterocycles. The van der Waals surface area contributed by atoms with E-state index in [4.69, 9.17) is 5.21 Å². The van der Waals surface area contributed by atoms with Crippen LogP contribution in [0.1, 0.15) is 37.8 Å². The van der Waals surface area contributed by atoms with Crippen molar-refractivity contribution in [2.24, 2.45) is 0 Å². The molecule has 1 saturated heterocycles. The van der Waals surface area contributed by atoms with Gasteiger partial charge in [-0.15, -0.1) is 6.58 Å². The number of carbonyl (C=O) groups excluding carboxylic acids is 1. The van der Waals surface area contributed by atoms with Crippen LogP contribution >= 0.6 is 0 Å². The van der Waals surface area contributed by atoms with Crippen LogP contribution in [0.4, 0.5) is 0 Å². The molecule has 150 valence electrons. The first-order valence-electron chi connectivity index (χ1n) is 9.30. The van der Waals surface area contributed by atoms with Crippen molar-refractivity contribution >= 4 is 15.9 Å². The topological polar surface area (TPSA) is 90.0 Å². The lowest BCUT2D eigenvalue weighted by molar-refractivity contribution is -0.135. The van der Waals surface area contributed by atoms with Gasteiger partial charge < -0.3 is 0 Å². The van der Waals surface area contributed by atoms with Crippen LogP contribution in [0.25, 0.3) is 0 Å². The SMILES string of the molecule is C=CC(CCCC)S(=O)(=O)N1CCN(C(C(=O)NO)c2ccccc2)CC1. The highest BCUT2D eigenvalue weighted by atomic mass is 32.2. The van der Waals surface area contributed by atoms with Crippen LogP contribution in [0, 0.1) is 0 Å². The van der Waals surface area contributed by atoms with E-state index in [1.54, 1.807) is 5.48 Å². The normalized spacial score (nSPS) is 18.6. The van der Waals surface area contributed by atoms with Crippen molar-refractivity contribution < 1.29 is 18.4 Å². The number of piperazine rings is 1. The van der Waals surface area contributed by atoms with Gasteiger partial charge in [-0.2, -0.15) is 4.31 Å². The third kappa shape index (κ3) is 5.16. The van der Waals surface area contributed by atoms with Crippen molar-refractivity contribution in [3.05, 3.63) is 48.6 Å². The highest BCUT2D eigenvalue weighted by molar-refractivity contribution is 7.89. The zero-order chi connectivity index (χ0) is 19.9. The lowest BCUT2D eigenvalue weighted by Crippen LogP contribution is -2.53. The summed E-state index contributed by atoms with van der Waals surface area (Å²) in [5.41, 5.74) is 2.48. The largest absolute Gasteiger partial charge is 0.289 e. The second-order valence-corrected chi connectivity index (χ2v) is 8.84. The van der Waals surface area contributed by atoms with Crippen molar-refractivity contribution in [3.8, 4) is 0 Å². The van der Waals surface area contributed by atoms with Crippen LogP contribution in [0.15, 0.2) is 43.0 Å². The summed E-state index contributed by atoms with van der Waals surface area (Å²) in [5.74, 6) is -0.524. The summed E-state index contributed by atoms with van der Waals surface area (Å²) in [7, 11) is -3.45. The molecule has 8 heteroatoms. The number of nitrogens with one attached hydrogen (secondary N) is 1. The first-order valence-corrected chi connectivity index (χ1v) is 10.8. The average molecular weight is 396 g/mol. The molecule has 2 atom stereocenters. The molecule has 0 aliphatic carbocycles. The van der Waals surface area contributed by atoms with E-state index in [2.05, 4.69) is 6.58 Å². The molecule has 0 radical (unpaired) electrons. The van der Waals surface area contributed by atoms with Gasteiger partial charge in [-0.25, -0.2) is 13.9 Å². The van der Waals surface area contributed by atoms with Crippen LogP contribution < -0.4 is 5.48 Å². The van der Waals surface area contributed by atoms with Crippen LogP contribution in [-0.2, 0) is 14.8 Å². The fourth-order valence-electron chi connectivity index (χ4n) is 3.43. The molecule has 0 saturated carbocycles. The molecular formula is C19H29N3O4S. The highest BCUT2D eigenvalue weighted by Crippen LogP contribution is 2.25. The fourth-order valence-corrected chi connectivity index (χ4v) is 5.19. The number of sulfonamides is 1. The van der Waals surface area contributed by atoms with Crippen molar-refractivity contribution in [1.82, 2.24) is 14.7 Å². The lowest BCUT2D eigenvalue weighted by atomic mass is 10.0. The summed E-state index contributed by atoms with van der Waals surface area (Å²) < 4.78 is 27.2. The minimum atomic E-state index is -3.45. The predicted octanol–water partition coefficient (Wildman–Crippen LogP) is 1.93. The molecule has 0 bridgehead atoms. The summed E-state index contributed by atoms with van der Waals surface area (Å²) in [5, 5.41) is 8.55. The molecule has 1 fully saturated rings. The monoisotopic (exact) mass is 395 g/mol. The Balaban J connectivity index is 2.10. The molecule has 0 aromatic heterocycles. The molecule has 27 heavy (non-hydrogen) atoms. The zero-order valence-corrected chi connectivity index (χ0v) is 16.6. The first kappa shape index (κ1) is 21.6. The first-order chi connectivity index (χ1) is 13.0. The molecule has 2 N–H and O–H groups in total. The Bertz CT molecular complexity index is 716. The van der Waals surface area contributed by atoms with Gasteiger partial charge in [0, 0.05) is 26.2 Å². The summed E-state index contributed by atoms with van der Waals surface area (Å²) in [6.45, 7) is 7.15. The van der Waals surface area contributed by atoms with Gasteiger partial charge >= 0.3 is 0 Å². The Labute approximate surface area is 161 Å². The number of hydrogen-bond donors (Lipinski definition) is 2. The van der Waals surface area contributed by atoms with E-state index >= 15 is 0 Å². The summed E-state index contributed by atoms with van der Waals surface area (Å²) >= 11 is 0. The molecule has 1 amide bonds. The number of amides is 1.